The van der Waals surface area contributed by atoms with Gasteiger partial charge in [-0.2, -0.15) is 5.10 Å². The molecule has 0 aliphatic rings. The maximum Gasteiger partial charge on any atom is 0.273 e. The molecule has 0 aliphatic heterocycles. The third-order valence-electron chi connectivity index (χ3n) is 4.00. The number of nitrogens with zero attached hydrogens (tertiary/aromatic N) is 2. The lowest BCUT2D eigenvalue weighted by atomic mass is 10.1. The first-order valence-corrected chi connectivity index (χ1v) is 10.9. The lowest BCUT2D eigenvalue weighted by Crippen LogP contribution is -2.22. The Morgan fingerprint density at radius 2 is 1.77 bits per heavy atom. The van der Waals surface area contributed by atoms with Gasteiger partial charge in [-0.1, -0.05) is 18.2 Å². The van der Waals surface area contributed by atoms with Gasteiger partial charge in [0, 0.05) is 12.1 Å². The van der Waals surface area contributed by atoms with Gasteiger partial charge >= 0.3 is 0 Å². The monoisotopic (exact) mass is 444 g/mol. The predicted octanol–water partition coefficient (Wildman–Crippen LogP) is 3.61. The number of sulfonamides is 1. The van der Waals surface area contributed by atoms with Gasteiger partial charge in [0.2, 0.25) is 0 Å². The molecule has 154 valence electrons. The molecule has 0 bridgehead atoms. The summed E-state index contributed by atoms with van der Waals surface area (Å²) in [6.45, 7) is 1.63. The zero-order valence-corrected chi connectivity index (χ0v) is 17.2. The summed E-state index contributed by atoms with van der Waals surface area (Å²) < 4.78 is 27.5. The highest BCUT2D eigenvalue weighted by Gasteiger charge is 2.19. The van der Waals surface area contributed by atoms with Crippen LogP contribution in [-0.2, 0) is 10.0 Å². The highest BCUT2D eigenvalue weighted by molar-refractivity contribution is 7.94. The van der Waals surface area contributed by atoms with Gasteiger partial charge in [0.1, 0.15) is 4.21 Å². The van der Waals surface area contributed by atoms with E-state index in [0.717, 1.165) is 11.3 Å². The summed E-state index contributed by atoms with van der Waals surface area (Å²) in [5.74, 6) is -0.610. The van der Waals surface area contributed by atoms with Crippen LogP contribution >= 0.6 is 11.3 Å². The SMILES string of the molecule is CC(=NNC(=O)c1ccccc1NS(=O)(=O)c1cccs1)c1ccc([N+](=O)[O-])cc1. The van der Waals surface area contributed by atoms with E-state index in [9.17, 15) is 23.3 Å². The second-order valence-corrected chi connectivity index (χ2v) is 8.88. The fraction of sp³-hybridized carbons (Fsp3) is 0.0526. The Hall–Kier alpha value is -3.57. The first-order chi connectivity index (χ1) is 14.3. The number of hydrogen-bond acceptors (Lipinski definition) is 7. The van der Waals surface area contributed by atoms with Crippen molar-refractivity contribution in [1.82, 2.24) is 5.43 Å². The van der Waals surface area contributed by atoms with E-state index < -0.39 is 20.9 Å². The van der Waals surface area contributed by atoms with Gasteiger partial charge in [-0.25, -0.2) is 13.8 Å². The fourth-order valence-corrected chi connectivity index (χ4v) is 4.54. The molecule has 30 heavy (non-hydrogen) atoms. The molecule has 0 radical (unpaired) electrons. The topological polar surface area (TPSA) is 131 Å². The lowest BCUT2D eigenvalue weighted by Gasteiger charge is -2.11. The number of carbonyl (C=O) groups is 1. The quantitative estimate of drug-likeness (QED) is 0.326. The van der Waals surface area contributed by atoms with Gasteiger partial charge in [-0.05, 0) is 48.2 Å². The zero-order chi connectivity index (χ0) is 21.7. The number of nitro groups is 1. The summed E-state index contributed by atoms with van der Waals surface area (Å²) in [7, 11) is -3.81. The Morgan fingerprint density at radius 1 is 1.07 bits per heavy atom. The molecule has 0 saturated carbocycles. The first-order valence-electron chi connectivity index (χ1n) is 8.53. The minimum Gasteiger partial charge on any atom is -0.278 e. The number of nitro benzene ring substituents is 1. The molecule has 0 fully saturated rings. The van der Waals surface area contributed by atoms with Gasteiger partial charge in [-0.15, -0.1) is 11.3 Å². The number of amides is 1. The van der Waals surface area contributed by atoms with Crippen molar-refractivity contribution in [2.45, 2.75) is 11.1 Å². The van der Waals surface area contributed by atoms with Crippen LogP contribution < -0.4 is 10.1 Å². The molecule has 3 aromatic rings. The molecule has 1 amide bonds. The summed E-state index contributed by atoms with van der Waals surface area (Å²) in [5.41, 5.74) is 3.55. The second-order valence-electron chi connectivity index (χ2n) is 6.03. The van der Waals surface area contributed by atoms with Gasteiger partial charge in [0.05, 0.1) is 21.9 Å². The molecule has 9 nitrogen and oxygen atoms in total. The van der Waals surface area contributed by atoms with Crippen molar-refractivity contribution >= 4 is 44.4 Å². The van der Waals surface area contributed by atoms with E-state index in [1.807, 2.05) is 0 Å². The van der Waals surface area contributed by atoms with Crippen LogP contribution in [0.25, 0.3) is 0 Å². The van der Waals surface area contributed by atoms with Crippen molar-refractivity contribution < 1.29 is 18.1 Å². The van der Waals surface area contributed by atoms with Crippen LogP contribution in [0.1, 0.15) is 22.8 Å². The maximum atomic E-state index is 12.6. The standard InChI is InChI=1S/C19H16N4O5S2/c1-13(14-8-10-15(11-9-14)23(25)26)20-21-19(24)16-5-2-3-6-17(16)22-30(27,28)18-7-4-12-29-18/h2-12,22H,1H3,(H,21,24). The Kier molecular flexibility index (Phi) is 6.23. The van der Waals surface area contributed by atoms with Gasteiger partial charge in [0.15, 0.2) is 0 Å². The van der Waals surface area contributed by atoms with E-state index in [1.165, 1.54) is 42.5 Å². The fourth-order valence-electron chi connectivity index (χ4n) is 2.47. The Labute approximate surface area is 176 Å². The molecule has 11 heteroatoms. The Morgan fingerprint density at radius 3 is 2.40 bits per heavy atom. The summed E-state index contributed by atoms with van der Waals surface area (Å²) >= 11 is 1.06. The van der Waals surface area contributed by atoms with E-state index in [0.29, 0.717) is 11.3 Å². The highest BCUT2D eigenvalue weighted by Crippen LogP contribution is 2.23. The Balaban J connectivity index is 1.77. The Bertz CT molecular complexity index is 1200. The number of hydrogen-bond donors (Lipinski definition) is 2. The number of anilines is 1. The minimum absolute atomic E-state index is 0.0532. The van der Waals surface area contributed by atoms with Gasteiger partial charge in [-0.3, -0.25) is 19.6 Å². The minimum atomic E-state index is -3.81. The van der Waals surface area contributed by atoms with Crippen LogP contribution in [0.4, 0.5) is 11.4 Å². The predicted molar refractivity (Wildman–Crippen MR) is 114 cm³/mol. The summed E-state index contributed by atoms with van der Waals surface area (Å²) in [6, 6.07) is 15.0. The van der Waals surface area contributed by atoms with Crippen molar-refractivity contribution in [2.24, 2.45) is 5.10 Å². The van der Waals surface area contributed by atoms with E-state index in [1.54, 1.807) is 30.5 Å². The molecule has 3 rings (SSSR count). The molecular formula is C19H16N4O5S2. The number of hydrazone groups is 1. The molecule has 0 unspecified atom stereocenters. The smallest absolute Gasteiger partial charge is 0.273 e. The van der Waals surface area contributed by atoms with Crippen LogP contribution in [0, 0.1) is 10.1 Å². The largest absolute Gasteiger partial charge is 0.278 e. The van der Waals surface area contributed by atoms with Crippen molar-refractivity contribution in [3.8, 4) is 0 Å². The van der Waals surface area contributed by atoms with Crippen molar-refractivity contribution in [2.75, 3.05) is 4.72 Å². The molecule has 2 N–H and O–H groups in total. The molecule has 1 aromatic heterocycles. The molecular weight excluding hydrogens is 428 g/mol. The number of nitrogens with one attached hydrogen (secondary N) is 2. The average Bonchev–Trinajstić information content (AvgIpc) is 3.28. The molecule has 0 saturated heterocycles. The second kappa shape index (κ2) is 8.84. The third-order valence-corrected chi connectivity index (χ3v) is 6.76. The highest BCUT2D eigenvalue weighted by atomic mass is 32.2. The van der Waals surface area contributed by atoms with Crippen LogP contribution in [0.3, 0.4) is 0 Å². The molecule has 2 aromatic carbocycles. The third kappa shape index (κ3) is 4.88. The van der Waals surface area contributed by atoms with Crippen LogP contribution in [0.5, 0.6) is 0 Å². The maximum absolute atomic E-state index is 12.6. The number of non-ortho nitro benzene ring substituents is 1. The average molecular weight is 444 g/mol. The lowest BCUT2D eigenvalue weighted by molar-refractivity contribution is -0.384. The van der Waals surface area contributed by atoms with E-state index in [-0.39, 0.29) is 21.1 Å². The van der Waals surface area contributed by atoms with E-state index >= 15 is 0 Å². The summed E-state index contributed by atoms with van der Waals surface area (Å²) in [4.78, 5) is 22.8. The first kappa shape index (κ1) is 21.1. The molecule has 0 atom stereocenters. The van der Waals surface area contributed by atoms with Crippen LogP contribution in [0.2, 0.25) is 0 Å². The number of benzene rings is 2. The number of para-hydroxylation sites is 1. The number of rotatable bonds is 7. The molecule has 1 heterocycles. The molecule has 0 aliphatic carbocycles. The summed E-state index contributed by atoms with van der Waals surface area (Å²) in [6.07, 6.45) is 0. The van der Waals surface area contributed by atoms with E-state index in [2.05, 4.69) is 15.2 Å². The van der Waals surface area contributed by atoms with Crippen LogP contribution in [-0.4, -0.2) is 25.0 Å². The number of carbonyl (C=O) groups excluding carboxylic acids is 1. The van der Waals surface area contributed by atoms with E-state index in [4.69, 9.17) is 0 Å². The van der Waals surface area contributed by atoms with Crippen LogP contribution in [0.15, 0.2) is 75.4 Å². The van der Waals surface area contributed by atoms with Crippen molar-refractivity contribution in [1.29, 1.82) is 0 Å². The van der Waals surface area contributed by atoms with Crippen molar-refractivity contribution in [3.05, 3.63) is 87.3 Å². The van der Waals surface area contributed by atoms with Crippen molar-refractivity contribution in [3.63, 3.8) is 0 Å². The van der Waals surface area contributed by atoms with Gasteiger partial charge in [0.25, 0.3) is 21.6 Å². The number of thiophene rings is 1. The summed E-state index contributed by atoms with van der Waals surface area (Å²) in [5, 5.41) is 16.4. The zero-order valence-electron chi connectivity index (χ0n) is 15.6. The molecule has 0 spiro atoms. The normalized spacial score (nSPS) is 11.7. The van der Waals surface area contributed by atoms with Gasteiger partial charge < -0.3 is 0 Å².